The molecule has 4 nitrogen and oxygen atoms in total. The maximum Gasteiger partial charge on any atom is 0.170 e. The summed E-state index contributed by atoms with van der Waals surface area (Å²) in [6, 6.07) is 15.6. The van der Waals surface area contributed by atoms with Gasteiger partial charge in [0, 0.05) is 23.6 Å². The Kier molecular flexibility index (Phi) is 5.72. The fraction of sp³-hybridized carbons (Fsp3) is 0.385. The molecule has 1 aromatic carbocycles. The number of para-hydroxylation sites is 1. The van der Waals surface area contributed by atoms with Gasteiger partial charge in [0.25, 0.3) is 0 Å². The largest absolute Gasteiger partial charge is 0.352 e. The molecular formula is C26H29FN4S. The smallest absolute Gasteiger partial charge is 0.170 e. The predicted molar refractivity (Wildman–Crippen MR) is 129 cm³/mol. The van der Waals surface area contributed by atoms with Crippen molar-refractivity contribution < 1.29 is 4.39 Å². The second kappa shape index (κ2) is 8.66. The number of hydrogen-bond acceptors (Lipinski definition) is 2. The van der Waals surface area contributed by atoms with E-state index < -0.39 is 0 Å². The van der Waals surface area contributed by atoms with Gasteiger partial charge < -0.3 is 14.8 Å². The van der Waals surface area contributed by atoms with E-state index in [-0.39, 0.29) is 17.9 Å². The summed E-state index contributed by atoms with van der Waals surface area (Å²) in [4.78, 5) is 7.08. The van der Waals surface area contributed by atoms with E-state index in [1.165, 1.54) is 30.9 Å². The summed E-state index contributed by atoms with van der Waals surface area (Å²) in [7, 11) is 0. The summed E-state index contributed by atoms with van der Waals surface area (Å²) in [5, 5.41) is 4.38. The van der Waals surface area contributed by atoms with Crippen molar-refractivity contribution in [3.63, 3.8) is 0 Å². The van der Waals surface area contributed by atoms with Crippen LogP contribution in [0.1, 0.15) is 66.8 Å². The van der Waals surface area contributed by atoms with Gasteiger partial charge in [0.2, 0.25) is 0 Å². The lowest BCUT2D eigenvalue weighted by Crippen LogP contribution is -2.40. The molecule has 0 radical (unpaired) electrons. The molecule has 0 bridgehead atoms. The molecule has 0 spiro atoms. The van der Waals surface area contributed by atoms with Crippen LogP contribution in [0.3, 0.4) is 0 Å². The van der Waals surface area contributed by atoms with Gasteiger partial charge in [-0.15, -0.1) is 0 Å². The number of pyridine rings is 1. The average Bonchev–Trinajstić information content (AvgIpc) is 3.31. The van der Waals surface area contributed by atoms with Gasteiger partial charge in [0.15, 0.2) is 5.11 Å². The summed E-state index contributed by atoms with van der Waals surface area (Å²) in [5.74, 6) is -0.216. The van der Waals surface area contributed by atoms with Crippen LogP contribution >= 0.6 is 12.2 Å². The zero-order chi connectivity index (χ0) is 22.2. The summed E-state index contributed by atoms with van der Waals surface area (Å²) in [6.45, 7) is 4.13. The SMILES string of the molecule is Cc1cc([C@@H]2[C@H](c3ccccn3)NC(=S)N2C2CCCCC2)c(C)n1-c1ccccc1F. The van der Waals surface area contributed by atoms with Gasteiger partial charge >= 0.3 is 0 Å². The lowest BCUT2D eigenvalue weighted by Gasteiger charge is -2.37. The number of aryl methyl sites for hydroxylation is 1. The van der Waals surface area contributed by atoms with Crippen molar-refractivity contribution in [2.24, 2.45) is 0 Å². The standard InChI is InChI=1S/C26H29FN4S/c1-17-16-20(18(2)30(17)23-14-7-6-12-21(23)27)25-24(22-13-8-9-15-28-22)29-26(32)31(25)19-10-4-3-5-11-19/h6-9,12-16,19,24-25H,3-5,10-11H2,1-2H3,(H,29,32)/t24-,25+/m0/s1. The van der Waals surface area contributed by atoms with E-state index in [0.717, 1.165) is 35.0 Å². The Balaban J connectivity index is 1.64. The average molecular weight is 449 g/mol. The zero-order valence-electron chi connectivity index (χ0n) is 18.6. The van der Waals surface area contributed by atoms with Crippen LogP contribution in [0, 0.1) is 19.7 Å². The predicted octanol–water partition coefficient (Wildman–Crippen LogP) is 5.93. The molecule has 0 amide bonds. The molecule has 3 heterocycles. The first-order valence-electron chi connectivity index (χ1n) is 11.5. The number of nitrogens with zero attached hydrogens (tertiary/aromatic N) is 3. The summed E-state index contributed by atoms with van der Waals surface area (Å²) >= 11 is 5.89. The van der Waals surface area contributed by atoms with E-state index in [1.54, 1.807) is 6.07 Å². The van der Waals surface area contributed by atoms with Crippen LogP contribution in [0.4, 0.5) is 4.39 Å². The Morgan fingerprint density at radius 2 is 1.78 bits per heavy atom. The number of nitrogens with one attached hydrogen (secondary N) is 1. The van der Waals surface area contributed by atoms with Crippen LogP contribution in [0.15, 0.2) is 54.7 Å². The maximum atomic E-state index is 14.7. The molecule has 166 valence electrons. The van der Waals surface area contributed by atoms with E-state index >= 15 is 0 Å². The van der Waals surface area contributed by atoms with Gasteiger partial charge in [0.1, 0.15) is 5.82 Å². The highest BCUT2D eigenvalue weighted by Gasteiger charge is 2.44. The maximum absolute atomic E-state index is 14.7. The van der Waals surface area contributed by atoms with Crippen molar-refractivity contribution in [2.45, 2.75) is 64.1 Å². The third-order valence-corrected chi connectivity index (χ3v) is 7.31. The molecule has 5 rings (SSSR count). The molecular weight excluding hydrogens is 419 g/mol. The molecule has 0 unspecified atom stereocenters. The topological polar surface area (TPSA) is 33.1 Å². The van der Waals surface area contributed by atoms with E-state index in [0.29, 0.717) is 11.7 Å². The van der Waals surface area contributed by atoms with Crippen molar-refractivity contribution in [2.75, 3.05) is 0 Å². The van der Waals surface area contributed by atoms with Crippen LogP contribution in [0.2, 0.25) is 0 Å². The molecule has 1 N–H and O–H groups in total. The minimum Gasteiger partial charge on any atom is -0.352 e. The van der Waals surface area contributed by atoms with E-state index in [9.17, 15) is 4.39 Å². The van der Waals surface area contributed by atoms with Crippen LogP contribution in [-0.4, -0.2) is 25.6 Å². The number of thiocarbonyl (C=S) groups is 1. The summed E-state index contributed by atoms with van der Waals surface area (Å²) in [6.07, 6.45) is 7.90. The van der Waals surface area contributed by atoms with Gasteiger partial charge in [0.05, 0.1) is 23.5 Å². The highest BCUT2D eigenvalue weighted by molar-refractivity contribution is 7.80. The number of hydrogen-bond donors (Lipinski definition) is 1. The fourth-order valence-corrected chi connectivity index (χ4v) is 5.93. The quantitative estimate of drug-likeness (QED) is 0.501. The number of aromatic nitrogens is 2. The Bertz CT molecular complexity index is 1120. The Morgan fingerprint density at radius 3 is 2.50 bits per heavy atom. The second-order valence-corrected chi connectivity index (χ2v) is 9.33. The van der Waals surface area contributed by atoms with Crippen molar-refractivity contribution >= 4 is 17.3 Å². The Hall–Kier alpha value is -2.73. The van der Waals surface area contributed by atoms with Crippen molar-refractivity contribution in [3.05, 3.63) is 83.2 Å². The molecule has 6 heteroatoms. The Labute approximate surface area is 194 Å². The molecule has 32 heavy (non-hydrogen) atoms. The second-order valence-electron chi connectivity index (χ2n) is 8.94. The minimum absolute atomic E-state index is 0.0206. The third kappa shape index (κ3) is 3.60. The molecule has 2 aliphatic rings. The zero-order valence-corrected chi connectivity index (χ0v) is 19.4. The van der Waals surface area contributed by atoms with Gasteiger partial charge in [-0.25, -0.2) is 4.39 Å². The van der Waals surface area contributed by atoms with Gasteiger partial charge in [-0.05, 0) is 74.8 Å². The lowest BCUT2D eigenvalue weighted by atomic mass is 9.90. The highest BCUT2D eigenvalue weighted by Crippen LogP contribution is 2.44. The van der Waals surface area contributed by atoms with Gasteiger partial charge in [-0.2, -0.15) is 0 Å². The number of halogens is 1. The van der Waals surface area contributed by atoms with Crippen molar-refractivity contribution in [3.8, 4) is 5.69 Å². The van der Waals surface area contributed by atoms with E-state index in [1.807, 2.05) is 42.0 Å². The van der Waals surface area contributed by atoms with E-state index in [4.69, 9.17) is 12.2 Å². The van der Waals surface area contributed by atoms with Crippen molar-refractivity contribution in [1.82, 2.24) is 19.8 Å². The first-order chi connectivity index (χ1) is 15.6. The number of benzene rings is 1. The highest BCUT2D eigenvalue weighted by atomic mass is 32.1. The van der Waals surface area contributed by atoms with Crippen LogP contribution in [-0.2, 0) is 0 Å². The summed E-state index contributed by atoms with van der Waals surface area (Å²) < 4.78 is 16.7. The Morgan fingerprint density at radius 1 is 1.03 bits per heavy atom. The first-order valence-corrected chi connectivity index (χ1v) is 11.9. The molecule has 1 saturated heterocycles. The molecule has 1 aliphatic carbocycles. The minimum atomic E-state index is -0.216. The first kappa shape index (κ1) is 21.1. The fourth-order valence-electron chi connectivity index (χ4n) is 5.54. The van der Waals surface area contributed by atoms with Gasteiger partial charge in [-0.1, -0.05) is 37.5 Å². The molecule has 1 saturated carbocycles. The monoisotopic (exact) mass is 448 g/mol. The molecule has 2 atom stereocenters. The molecule has 2 fully saturated rings. The van der Waals surface area contributed by atoms with Crippen LogP contribution < -0.4 is 5.32 Å². The van der Waals surface area contributed by atoms with Crippen LogP contribution in [0.25, 0.3) is 5.69 Å². The molecule has 1 aliphatic heterocycles. The van der Waals surface area contributed by atoms with Crippen LogP contribution in [0.5, 0.6) is 0 Å². The van der Waals surface area contributed by atoms with Crippen molar-refractivity contribution in [1.29, 1.82) is 0 Å². The number of rotatable bonds is 4. The van der Waals surface area contributed by atoms with Gasteiger partial charge in [-0.3, -0.25) is 4.98 Å². The normalized spacial score (nSPS) is 21.7. The lowest BCUT2D eigenvalue weighted by molar-refractivity contribution is 0.197. The molecule has 3 aromatic rings. The third-order valence-electron chi connectivity index (χ3n) is 6.99. The molecule has 2 aromatic heterocycles. The van der Waals surface area contributed by atoms with E-state index in [2.05, 4.69) is 34.3 Å². The summed E-state index contributed by atoms with van der Waals surface area (Å²) in [5.41, 5.74) is 4.81.